The number of aromatic hydroxyl groups is 1. The summed E-state index contributed by atoms with van der Waals surface area (Å²) >= 11 is 0. The van der Waals surface area contributed by atoms with Gasteiger partial charge in [-0.1, -0.05) is 0 Å². The van der Waals surface area contributed by atoms with Gasteiger partial charge in [0.05, 0.1) is 6.20 Å². The first-order valence-corrected chi connectivity index (χ1v) is 6.43. The van der Waals surface area contributed by atoms with E-state index in [0.717, 1.165) is 37.9 Å². The van der Waals surface area contributed by atoms with Gasteiger partial charge in [-0.15, -0.1) is 0 Å². The van der Waals surface area contributed by atoms with Crippen LogP contribution in [0.15, 0.2) is 18.3 Å². The number of rotatable bonds is 3. The molecule has 1 N–H and O–H groups in total. The molecule has 1 saturated heterocycles. The minimum Gasteiger partial charge on any atom is -0.506 e. The van der Waals surface area contributed by atoms with Crippen LogP contribution < -0.4 is 4.90 Å². The van der Waals surface area contributed by atoms with Crippen LogP contribution in [0.25, 0.3) is 0 Å². The summed E-state index contributed by atoms with van der Waals surface area (Å²) in [4.78, 5) is 9.12. The first kappa shape index (κ1) is 10.8. The normalized spacial score (nSPS) is 21.8. The molecule has 1 aromatic heterocycles. The number of nitrogens with zero attached hydrogens (tertiary/aromatic N) is 3. The third-order valence-electron chi connectivity index (χ3n) is 3.64. The van der Waals surface area contributed by atoms with E-state index in [0.29, 0.717) is 0 Å². The Bertz CT molecular complexity index is 367. The molecular weight excluding hydrogens is 214 g/mol. The number of hydrogen-bond donors (Lipinski definition) is 1. The molecule has 0 unspecified atom stereocenters. The van der Waals surface area contributed by atoms with Gasteiger partial charge in [0.15, 0.2) is 0 Å². The van der Waals surface area contributed by atoms with Gasteiger partial charge in [-0.3, -0.25) is 4.90 Å². The van der Waals surface area contributed by atoms with Crippen molar-refractivity contribution in [2.24, 2.45) is 5.92 Å². The Balaban J connectivity index is 1.54. The fraction of sp³-hybridized carbons (Fsp3) is 0.615. The van der Waals surface area contributed by atoms with E-state index >= 15 is 0 Å². The molecule has 1 saturated carbocycles. The lowest BCUT2D eigenvalue weighted by Crippen LogP contribution is -2.47. The standard InChI is InChI=1S/C13H19N3O/c17-12-3-4-13(14-9-12)16-7-5-15(6-8-16)10-11-1-2-11/h3-4,9,11,17H,1-2,5-8,10H2. The van der Waals surface area contributed by atoms with Crippen LogP contribution in [0.2, 0.25) is 0 Å². The molecule has 1 aliphatic heterocycles. The van der Waals surface area contributed by atoms with Crippen molar-refractivity contribution in [2.75, 3.05) is 37.6 Å². The molecule has 2 fully saturated rings. The topological polar surface area (TPSA) is 39.6 Å². The van der Waals surface area contributed by atoms with Crippen LogP contribution in [-0.4, -0.2) is 47.7 Å². The second-order valence-electron chi connectivity index (χ2n) is 5.11. The number of hydrogen-bond acceptors (Lipinski definition) is 4. The lowest BCUT2D eigenvalue weighted by molar-refractivity contribution is 0.247. The smallest absolute Gasteiger partial charge is 0.134 e. The van der Waals surface area contributed by atoms with Crippen molar-refractivity contribution in [3.63, 3.8) is 0 Å². The summed E-state index contributed by atoms with van der Waals surface area (Å²) in [5, 5.41) is 9.21. The van der Waals surface area contributed by atoms with E-state index in [4.69, 9.17) is 0 Å². The van der Waals surface area contributed by atoms with Gasteiger partial charge in [-0.05, 0) is 30.9 Å². The fourth-order valence-corrected chi connectivity index (χ4v) is 2.39. The SMILES string of the molecule is Oc1ccc(N2CCN(CC3CC3)CC2)nc1. The molecular formula is C13H19N3O. The maximum Gasteiger partial charge on any atom is 0.134 e. The Morgan fingerprint density at radius 3 is 2.53 bits per heavy atom. The lowest BCUT2D eigenvalue weighted by Gasteiger charge is -2.35. The van der Waals surface area contributed by atoms with Crippen molar-refractivity contribution in [3.8, 4) is 5.75 Å². The van der Waals surface area contributed by atoms with Crippen molar-refractivity contribution >= 4 is 5.82 Å². The molecule has 0 aromatic carbocycles. The molecule has 3 rings (SSSR count). The minimum absolute atomic E-state index is 0.237. The summed E-state index contributed by atoms with van der Waals surface area (Å²) in [6.45, 7) is 5.66. The van der Waals surface area contributed by atoms with Crippen LogP contribution in [0.3, 0.4) is 0 Å². The third kappa shape index (κ3) is 2.69. The van der Waals surface area contributed by atoms with Crippen molar-refractivity contribution in [2.45, 2.75) is 12.8 Å². The molecule has 1 aromatic rings. The number of piperazine rings is 1. The van der Waals surface area contributed by atoms with Gasteiger partial charge in [0.25, 0.3) is 0 Å². The predicted molar refractivity (Wildman–Crippen MR) is 67.3 cm³/mol. The van der Waals surface area contributed by atoms with E-state index in [1.165, 1.54) is 25.6 Å². The fourth-order valence-electron chi connectivity index (χ4n) is 2.39. The highest BCUT2D eigenvalue weighted by Gasteiger charge is 2.26. The molecule has 0 spiro atoms. The lowest BCUT2D eigenvalue weighted by atomic mass is 10.2. The van der Waals surface area contributed by atoms with E-state index in [1.807, 2.05) is 6.07 Å². The van der Waals surface area contributed by atoms with Crippen molar-refractivity contribution < 1.29 is 5.11 Å². The number of anilines is 1. The zero-order chi connectivity index (χ0) is 11.7. The summed E-state index contributed by atoms with van der Waals surface area (Å²) < 4.78 is 0. The molecule has 0 amide bonds. The monoisotopic (exact) mass is 233 g/mol. The maximum absolute atomic E-state index is 9.21. The summed E-state index contributed by atoms with van der Waals surface area (Å²) in [5.41, 5.74) is 0. The molecule has 0 radical (unpaired) electrons. The average molecular weight is 233 g/mol. The Hall–Kier alpha value is -1.29. The van der Waals surface area contributed by atoms with E-state index < -0.39 is 0 Å². The van der Waals surface area contributed by atoms with Crippen LogP contribution >= 0.6 is 0 Å². The zero-order valence-electron chi connectivity index (χ0n) is 10.0. The molecule has 92 valence electrons. The second kappa shape index (κ2) is 4.53. The first-order valence-electron chi connectivity index (χ1n) is 6.43. The minimum atomic E-state index is 0.237. The summed E-state index contributed by atoms with van der Waals surface area (Å²) in [7, 11) is 0. The molecule has 1 aliphatic carbocycles. The third-order valence-corrected chi connectivity index (χ3v) is 3.64. The Morgan fingerprint density at radius 1 is 1.18 bits per heavy atom. The zero-order valence-corrected chi connectivity index (χ0v) is 10.0. The van der Waals surface area contributed by atoms with E-state index in [-0.39, 0.29) is 5.75 Å². The van der Waals surface area contributed by atoms with Crippen LogP contribution in [0.4, 0.5) is 5.82 Å². The van der Waals surface area contributed by atoms with E-state index in [1.54, 1.807) is 6.07 Å². The number of aromatic nitrogens is 1. The van der Waals surface area contributed by atoms with Gasteiger partial charge >= 0.3 is 0 Å². The van der Waals surface area contributed by atoms with Crippen molar-refractivity contribution in [3.05, 3.63) is 18.3 Å². The highest BCUT2D eigenvalue weighted by Crippen LogP contribution is 2.30. The molecule has 0 atom stereocenters. The van der Waals surface area contributed by atoms with E-state index in [9.17, 15) is 5.11 Å². The highest BCUT2D eigenvalue weighted by atomic mass is 16.3. The van der Waals surface area contributed by atoms with Crippen LogP contribution in [0.1, 0.15) is 12.8 Å². The predicted octanol–water partition coefficient (Wildman–Crippen LogP) is 1.32. The molecule has 17 heavy (non-hydrogen) atoms. The highest BCUT2D eigenvalue weighted by molar-refractivity contribution is 5.40. The van der Waals surface area contributed by atoms with Gasteiger partial charge in [0.1, 0.15) is 11.6 Å². The molecule has 4 nitrogen and oxygen atoms in total. The largest absolute Gasteiger partial charge is 0.506 e. The Morgan fingerprint density at radius 2 is 1.94 bits per heavy atom. The van der Waals surface area contributed by atoms with Gasteiger partial charge in [0, 0.05) is 32.7 Å². The van der Waals surface area contributed by atoms with E-state index in [2.05, 4.69) is 14.8 Å². The molecule has 4 heteroatoms. The van der Waals surface area contributed by atoms with Crippen LogP contribution in [0.5, 0.6) is 5.75 Å². The second-order valence-corrected chi connectivity index (χ2v) is 5.11. The quantitative estimate of drug-likeness (QED) is 0.854. The summed E-state index contributed by atoms with van der Waals surface area (Å²) in [6.07, 6.45) is 4.38. The van der Waals surface area contributed by atoms with Crippen molar-refractivity contribution in [1.29, 1.82) is 0 Å². The first-order chi connectivity index (χ1) is 8.31. The average Bonchev–Trinajstić information content (AvgIpc) is 3.15. The van der Waals surface area contributed by atoms with Gasteiger partial charge < -0.3 is 10.0 Å². The summed E-state index contributed by atoms with van der Waals surface area (Å²) in [6, 6.07) is 3.60. The Kier molecular flexibility index (Phi) is 2.89. The van der Waals surface area contributed by atoms with Crippen LogP contribution in [0, 0.1) is 5.92 Å². The van der Waals surface area contributed by atoms with Gasteiger partial charge in [-0.25, -0.2) is 4.98 Å². The maximum atomic E-state index is 9.21. The van der Waals surface area contributed by atoms with Crippen molar-refractivity contribution in [1.82, 2.24) is 9.88 Å². The number of pyridine rings is 1. The molecule has 2 heterocycles. The Labute approximate surface area is 102 Å². The van der Waals surface area contributed by atoms with Gasteiger partial charge in [-0.2, -0.15) is 0 Å². The molecule has 0 bridgehead atoms. The summed E-state index contributed by atoms with van der Waals surface area (Å²) in [5.74, 6) is 2.20. The van der Waals surface area contributed by atoms with Gasteiger partial charge in [0.2, 0.25) is 0 Å². The molecule has 2 aliphatic rings. The van der Waals surface area contributed by atoms with Crippen LogP contribution in [-0.2, 0) is 0 Å².